The molecule has 6 rings (SSSR count). The quantitative estimate of drug-likeness (QED) is 0.279. The number of pyridine rings is 1. The summed E-state index contributed by atoms with van der Waals surface area (Å²) in [4.78, 5) is 0. The van der Waals surface area contributed by atoms with Gasteiger partial charge in [-0.25, -0.2) is 4.57 Å². The molecule has 1 aliphatic rings. The van der Waals surface area contributed by atoms with Crippen molar-refractivity contribution in [2.24, 2.45) is 7.05 Å². The third kappa shape index (κ3) is 2.55. The van der Waals surface area contributed by atoms with Gasteiger partial charge in [-0.05, 0) is 30.5 Å². The normalized spacial score (nSPS) is 12.8. The number of rotatable bonds is 2. The van der Waals surface area contributed by atoms with E-state index >= 15 is 0 Å². The van der Waals surface area contributed by atoms with Gasteiger partial charge in [-0.1, -0.05) is 59.9 Å². The molecule has 5 aromatic rings. The number of aromatic nitrogens is 1. The van der Waals surface area contributed by atoms with Crippen LogP contribution in [-0.4, -0.2) is 8.07 Å². The van der Waals surface area contributed by atoms with Gasteiger partial charge in [0, 0.05) is 17.0 Å². The summed E-state index contributed by atoms with van der Waals surface area (Å²) in [6, 6.07) is 21.8. The highest BCUT2D eigenvalue weighted by atomic mass is 28.3. The molecular formula is C27H24NO2Si+. The van der Waals surface area contributed by atoms with Crippen LogP contribution in [0.5, 0.6) is 11.5 Å². The molecule has 3 nitrogen and oxygen atoms in total. The standard InChI is InChI=1S/C27H24NO2Si/c1-17-24-22(15-19-11-13-29-27(17)19)30-23-16-21(31(3,4)20-8-6-5-7-9-20)14-18-10-12-28(2)26(24)25(18)23/h5-16H,1-4H3/q+1. The number of benzene rings is 3. The van der Waals surface area contributed by atoms with Gasteiger partial charge < -0.3 is 9.15 Å². The molecule has 4 heteroatoms. The van der Waals surface area contributed by atoms with Gasteiger partial charge in [-0.3, -0.25) is 0 Å². The Morgan fingerprint density at radius 2 is 1.65 bits per heavy atom. The molecule has 0 saturated heterocycles. The van der Waals surface area contributed by atoms with Gasteiger partial charge in [-0.2, -0.15) is 0 Å². The first kappa shape index (κ1) is 18.4. The fourth-order valence-electron chi connectivity index (χ4n) is 4.97. The minimum Gasteiger partial charge on any atom is -0.464 e. The van der Waals surface area contributed by atoms with Crippen LogP contribution < -0.4 is 19.7 Å². The third-order valence-corrected chi connectivity index (χ3v) is 10.3. The van der Waals surface area contributed by atoms with Gasteiger partial charge in [0.05, 0.1) is 17.2 Å². The first-order valence-corrected chi connectivity index (χ1v) is 13.7. The van der Waals surface area contributed by atoms with Crippen LogP contribution in [0.15, 0.2) is 77.5 Å². The fourth-order valence-corrected chi connectivity index (χ4v) is 7.34. The predicted molar refractivity (Wildman–Crippen MR) is 128 cm³/mol. The minimum atomic E-state index is -1.86. The van der Waals surface area contributed by atoms with Crippen molar-refractivity contribution in [2.45, 2.75) is 20.0 Å². The Morgan fingerprint density at radius 1 is 0.839 bits per heavy atom. The second-order valence-electron chi connectivity index (χ2n) is 9.02. The summed E-state index contributed by atoms with van der Waals surface area (Å²) in [5.74, 6) is 1.85. The molecule has 0 bridgehead atoms. The van der Waals surface area contributed by atoms with Crippen molar-refractivity contribution in [1.29, 1.82) is 0 Å². The van der Waals surface area contributed by atoms with Crippen LogP contribution in [0.2, 0.25) is 13.1 Å². The van der Waals surface area contributed by atoms with Crippen molar-refractivity contribution in [3.8, 4) is 22.8 Å². The van der Waals surface area contributed by atoms with E-state index < -0.39 is 8.07 Å². The van der Waals surface area contributed by atoms with Gasteiger partial charge >= 0.3 is 0 Å². The second-order valence-corrected chi connectivity index (χ2v) is 13.4. The number of fused-ring (bicyclic) bond motifs is 3. The largest absolute Gasteiger partial charge is 0.464 e. The van der Waals surface area contributed by atoms with Crippen LogP contribution in [0.1, 0.15) is 5.56 Å². The van der Waals surface area contributed by atoms with E-state index in [4.69, 9.17) is 9.15 Å². The van der Waals surface area contributed by atoms with Crippen LogP contribution >= 0.6 is 0 Å². The number of ether oxygens (including phenoxy) is 1. The van der Waals surface area contributed by atoms with Gasteiger partial charge in [0.15, 0.2) is 6.20 Å². The smallest absolute Gasteiger partial charge is 0.228 e. The Morgan fingerprint density at radius 3 is 2.45 bits per heavy atom. The van der Waals surface area contributed by atoms with E-state index in [1.54, 1.807) is 6.26 Å². The van der Waals surface area contributed by atoms with E-state index in [0.717, 1.165) is 33.6 Å². The molecule has 1 aliphatic heterocycles. The predicted octanol–water partition coefficient (Wildman–Crippen LogP) is 5.31. The zero-order valence-corrected chi connectivity index (χ0v) is 19.2. The molecule has 0 amide bonds. The van der Waals surface area contributed by atoms with Gasteiger partial charge in [0.2, 0.25) is 5.69 Å². The van der Waals surface area contributed by atoms with E-state index in [1.807, 2.05) is 6.07 Å². The molecule has 0 fully saturated rings. The maximum atomic E-state index is 6.60. The zero-order chi connectivity index (χ0) is 21.3. The third-order valence-electron chi connectivity index (χ3n) is 6.82. The average Bonchev–Trinajstić information content (AvgIpc) is 3.25. The Balaban J connectivity index is 1.66. The Bertz CT molecular complexity index is 1500. The number of nitrogens with zero attached hydrogens (tertiary/aromatic N) is 1. The summed E-state index contributed by atoms with van der Waals surface area (Å²) >= 11 is 0. The summed E-state index contributed by atoms with van der Waals surface area (Å²) in [6.07, 6.45) is 3.91. The van der Waals surface area contributed by atoms with E-state index in [1.165, 1.54) is 26.8 Å². The molecule has 3 heterocycles. The van der Waals surface area contributed by atoms with E-state index in [0.29, 0.717) is 0 Å². The van der Waals surface area contributed by atoms with Crippen molar-refractivity contribution < 1.29 is 13.7 Å². The van der Waals surface area contributed by atoms with Crippen LogP contribution in [0.25, 0.3) is 33.0 Å². The van der Waals surface area contributed by atoms with Crippen LogP contribution in [-0.2, 0) is 7.05 Å². The number of hydrogen-bond acceptors (Lipinski definition) is 2. The summed E-state index contributed by atoms with van der Waals surface area (Å²) in [5.41, 5.74) is 4.36. The summed E-state index contributed by atoms with van der Waals surface area (Å²) in [6.45, 7) is 6.95. The topological polar surface area (TPSA) is 26.2 Å². The average molecular weight is 423 g/mol. The van der Waals surface area contributed by atoms with Crippen molar-refractivity contribution in [2.75, 3.05) is 0 Å². The minimum absolute atomic E-state index is 0.901. The molecule has 0 atom stereocenters. The summed E-state index contributed by atoms with van der Waals surface area (Å²) in [7, 11) is 0.243. The highest BCUT2D eigenvalue weighted by molar-refractivity contribution is 7.00. The highest BCUT2D eigenvalue weighted by Gasteiger charge is 2.33. The van der Waals surface area contributed by atoms with E-state index in [2.05, 4.69) is 92.4 Å². The van der Waals surface area contributed by atoms with Crippen LogP contribution in [0, 0.1) is 6.92 Å². The molecule has 0 unspecified atom stereocenters. The first-order chi connectivity index (χ1) is 14.9. The molecule has 31 heavy (non-hydrogen) atoms. The monoisotopic (exact) mass is 422 g/mol. The number of hydrogen-bond donors (Lipinski definition) is 0. The van der Waals surface area contributed by atoms with Crippen molar-refractivity contribution >= 4 is 40.2 Å². The van der Waals surface area contributed by atoms with Gasteiger partial charge in [0.1, 0.15) is 32.2 Å². The van der Waals surface area contributed by atoms with Crippen LogP contribution in [0.4, 0.5) is 0 Å². The maximum absolute atomic E-state index is 6.60. The Hall–Kier alpha value is -3.37. The lowest BCUT2D eigenvalue weighted by Crippen LogP contribution is -2.52. The van der Waals surface area contributed by atoms with Crippen molar-refractivity contribution in [1.82, 2.24) is 0 Å². The van der Waals surface area contributed by atoms with Crippen molar-refractivity contribution in [3.63, 3.8) is 0 Å². The molecule has 0 spiro atoms. The van der Waals surface area contributed by atoms with Crippen LogP contribution in [0.3, 0.4) is 0 Å². The first-order valence-electron chi connectivity index (χ1n) is 10.7. The number of aryl methyl sites for hydroxylation is 2. The van der Waals surface area contributed by atoms with Gasteiger partial charge in [0.25, 0.3) is 0 Å². The lowest BCUT2D eigenvalue weighted by atomic mass is 9.94. The van der Waals surface area contributed by atoms with Gasteiger partial charge in [-0.15, -0.1) is 0 Å². The summed E-state index contributed by atoms with van der Waals surface area (Å²) < 4.78 is 14.6. The molecule has 2 aromatic heterocycles. The van der Waals surface area contributed by atoms with E-state index in [-0.39, 0.29) is 0 Å². The Labute approximate surface area is 182 Å². The lowest BCUT2D eigenvalue weighted by Gasteiger charge is -2.27. The molecule has 152 valence electrons. The van der Waals surface area contributed by atoms with Crippen molar-refractivity contribution in [3.05, 3.63) is 78.7 Å². The SMILES string of the molecule is Cc1c2c(cc3ccoc13)Oc1cc([Si](C)(C)c3ccccc3)cc3cc[n+](C)c-2c13. The fraction of sp³-hybridized carbons (Fsp3) is 0.148. The van der Waals surface area contributed by atoms with E-state index in [9.17, 15) is 0 Å². The molecule has 0 saturated carbocycles. The Kier molecular flexibility index (Phi) is 3.75. The number of furan rings is 1. The molecular weight excluding hydrogens is 398 g/mol. The maximum Gasteiger partial charge on any atom is 0.228 e. The zero-order valence-electron chi connectivity index (χ0n) is 18.2. The molecule has 0 radical (unpaired) electrons. The summed E-state index contributed by atoms with van der Waals surface area (Å²) in [5, 5.41) is 6.28. The molecule has 3 aromatic carbocycles. The molecule has 0 N–H and O–H groups in total. The highest BCUT2D eigenvalue weighted by Crippen LogP contribution is 2.48. The lowest BCUT2D eigenvalue weighted by molar-refractivity contribution is -0.659. The second kappa shape index (κ2) is 6.31. The molecule has 0 aliphatic carbocycles.